The Hall–Kier alpha value is -1.89. The lowest BCUT2D eigenvalue weighted by Gasteiger charge is -2.30. The summed E-state index contributed by atoms with van der Waals surface area (Å²) in [5.41, 5.74) is 0. The first-order valence-electron chi connectivity index (χ1n) is 6.79. The molecule has 2 rings (SSSR count). The summed E-state index contributed by atoms with van der Waals surface area (Å²) in [6.07, 6.45) is 1.22. The van der Waals surface area contributed by atoms with Gasteiger partial charge in [0.2, 0.25) is 5.91 Å². The summed E-state index contributed by atoms with van der Waals surface area (Å²) in [6, 6.07) is 3.51. The lowest BCUT2D eigenvalue weighted by atomic mass is 9.97. The molecule has 0 spiro atoms. The van der Waals surface area contributed by atoms with Gasteiger partial charge < -0.3 is 15.0 Å². The van der Waals surface area contributed by atoms with Gasteiger partial charge in [0.05, 0.1) is 24.4 Å². The lowest BCUT2D eigenvalue weighted by molar-refractivity contribution is -0.148. The van der Waals surface area contributed by atoms with Crippen molar-refractivity contribution in [3.8, 4) is 0 Å². The Morgan fingerprint density at radius 1 is 1.38 bits per heavy atom. The van der Waals surface area contributed by atoms with Crippen LogP contribution in [-0.2, 0) is 14.3 Å². The third-order valence-corrected chi connectivity index (χ3v) is 4.40. The zero-order valence-electron chi connectivity index (χ0n) is 11.8. The van der Waals surface area contributed by atoms with Gasteiger partial charge in [-0.05, 0) is 24.3 Å². The van der Waals surface area contributed by atoms with Crippen molar-refractivity contribution in [2.75, 3.05) is 26.7 Å². The summed E-state index contributed by atoms with van der Waals surface area (Å²) < 4.78 is 4.71. The predicted molar refractivity (Wildman–Crippen MR) is 78.0 cm³/mol. The highest BCUT2D eigenvalue weighted by molar-refractivity contribution is 7.12. The summed E-state index contributed by atoms with van der Waals surface area (Å²) in [6.45, 7) is 1.03. The number of likely N-dealkylation sites (tertiary alicyclic amines) is 1. The van der Waals surface area contributed by atoms with Gasteiger partial charge in [0.25, 0.3) is 5.91 Å². The largest absolute Gasteiger partial charge is 0.469 e. The van der Waals surface area contributed by atoms with E-state index in [9.17, 15) is 14.4 Å². The maximum atomic E-state index is 12.0. The number of hydrogen-bond donors (Lipinski definition) is 1. The van der Waals surface area contributed by atoms with Crippen LogP contribution in [0.1, 0.15) is 22.5 Å². The zero-order valence-corrected chi connectivity index (χ0v) is 12.6. The number of piperidine rings is 1. The fourth-order valence-corrected chi connectivity index (χ4v) is 2.93. The van der Waals surface area contributed by atoms with E-state index < -0.39 is 0 Å². The Morgan fingerprint density at radius 3 is 2.67 bits per heavy atom. The van der Waals surface area contributed by atoms with Crippen molar-refractivity contribution < 1.29 is 19.1 Å². The van der Waals surface area contributed by atoms with Gasteiger partial charge in [-0.3, -0.25) is 14.4 Å². The van der Waals surface area contributed by atoms with Crippen molar-refractivity contribution >= 4 is 29.1 Å². The van der Waals surface area contributed by atoms with Crippen LogP contribution in [0.4, 0.5) is 0 Å². The molecule has 114 valence electrons. The van der Waals surface area contributed by atoms with E-state index in [0.29, 0.717) is 30.8 Å². The molecule has 0 saturated carbocycles. The number of ether oxygens (including phenoxy) is 1. The molecule has 1 aliphatic heterocycles. The van der Waals surface area contributed by atoms with Crippen LogP contribution in [-0.4, -0.2) is 49.4 Å². The molecule has 0 aliphatic carbocycles. The average Bonchev–Trinajstić information content (AvgIpc) is 3.06. The van der Waals surface area contributed by atoms with E-state index in [1.165, 1.54) is 18.4 Å². The molecule has 1 N–H and O–H groups in total. The molecule has 6 nitrogen and oxygen atoms in total. The maximum Gasteiger partial charge on any atom is 0.308 e. The normalized spacial score (nSPS) is 15.6. The molecule has 0 bridgehead atoms. The fourth-order valence-electron chi connectivity index (χ4n) is 2.29. The van der Waals surface area contributed by atoms with Crippen molar-refractivity contribution in [2.24, 2.45) is 5.92 Å². The zero-order chi connectivity index (χ0) is 15.2. The van der Waals surface area contributed by atoms with Crippen LogP contribution in [0.15, 0.2) is 17.5 Å². The van der Waals surface area contributed by atoms with Gasteiger partial charge in [-0.15, -0.1) is 11.3 Å². The van der Waals surface area contributed by atoms with E-state index >= 15 is 0 Å². The molecule has 0 radical (unpaired) electrons. The van der Waals surface area contributed by atoms with Crippen molar-refractivity contribution in [1.29, 1.82) is 0 Å². The SMILES string of the molecule is COC(=O)C1CCN(C(=O)CNC(=O)c2cccs2)CC1. The Morgan fingerprint density at radius 2 is 2.10 bits per heavy atom. The average molecular weight is 310 g/mol. The number of nitrogens with zero attached hydrogens (tertiary/aromatic N) is 1. The Bertz CT molecular complexity index is 507. The van der Waals surface area contributed by atoms with Gasteiger partial charge >= 0.3 is 5.97 Å². The van der Waals surface area contributed by atoms with Gasteiger partial charge in [-0.2, -0.15) is 0 Å². The van der Waals surface area contributed by atoms with Gasteiger partial charge in [0.1, 0.15) is 0 Å². The highest BCUT2D eigenvalue weighted by atomic mass is 32.1. The predicted octanol–water partition coefficient (Wildman–Crippen LogP) is 0.890. The first kappa shape index (κ1) is 15.5. The summed E-state index contributed by atoms with van der Waals surface area (Å²) in [5, 5.41) is 4.43. The van der Waals surface area contributed by atoms with E-state index in [2.05, 4.69) is 5.32 Å². The summed E-state index contributed by atoms with van der Waals surface area (Å²) >= 11 is 1.34. The van der Waals surface area contributed by atoms with Crippen LogP contribution in [0.3, 0.4) is 0 Å². The number of rotatable bonds is 4. The van der Waals surface area contributed by atoms with Crippen LogP contribution in [0.25, 0.3) is 0 Å². The van der Waals surface area contributed by atoms with E-state index in [4.69, 9.17) is 4.74 Å². The monoisotopic (exact) mass is 310 g/mol. The lowest BCUT2D eigenvalue weighted by Crippen LogP contribution is -2.45. The minimum absolute atomic E-state index is 0.0143. The third kappa shape index (κ3) is 4.04. The van der Waals surface area contributed by atoms with Crippen LogP contribution in [0.2, 0.25) is 0 Å². The molecule has 1 fully saturated rings. The first-order valence-corrected chi connectivity index (χ1v) is 7.67. The standard InChI is InChI=1S/C14H18N2O4S/c1-20-14(19)10-4-6-16(7-5-10)12(17)9-15-13(18)11-3-2-8-21-11/h2-3,8,10H,4-7,9H2,1H3,(H,15,18). The molecule has 0 unspecified atom stereocenters. The molecule has 1 aromatic rings. The second-order valence-corrected chi connectivity index (χ2v) is 5.79. The minimum Gasteiger partial charge on any atom is -0.469 e. The minimum atomic E-state index is -0.234. The summed E-state index contributed by atoms with van der Waals surface area (Å²) in [4.78, 5) is 37.4. The quantitative estimate of drug-likeness (QED) is 0.838. The Labute approximate surface area is 127 Å². The molecule has 0 aromatic carbocycles. The second kappa shape index (κ2) is 7.21. The smallest absolute Gasteiger partial charge is 0.308 e. The molecular formula is C14H18N2O4S. The van der Waals surface area contributed by atoms with E-state index in [1.54, 1.807) is 17.0 Å². The number of amides is 2. The summed E-state index contributed by atoms with van der Waals surface area (Å²) in [5.74, 6) is -0.695. The van der Waals surface area contributed by atoms with Crippen molar-refractivity contribution in [2.45, 2.75) is 12.8 Å². The molecule has 21 heavy (non-hydrogen) atoms. The highest BCUT2D eigenvalue weighted by Crippen LogP contribution is 2.18. The van der Waals surface area contributed by atoms with Gasteiger partial charge in [0.15, 0.2) is 0 Å². The van der Waals surface area contributed by atoms with Crippen LogP contribution in [0, 0.1) is 5.92 Å². The molecule has 2 amide bonds. The first-order chi connectivity index (χ1) is 10.1. The van der Waals surface area contributed by atoms with Gasteiger partial charge in [-0.1, -0.05) is 6.07 Å². The van der Waals surface area contributed by atoms with E-state index in [0.717, 1.165) is 0 Å². The van der Waals surface area contributed by atoms with E-state index in [-0.39, 0.29) is 30.2 Å². The van der Waals surface area contributed by atoms with E-state index in [1.807, 2.05) is 5.38 Å². The van der Waals surface area contributed by atoms with Crippen LogP contribution >= 0.6 is 11.3 Å². The third-order valence-electron chi connectivity index (χ3n) is 3.53. The van der Waals surface area contributed by atoms with Crippen molar-refractivity contribution in [3.63, 3.8) is 0 Å². The number of nitrogens with one attached hydrogen (secondary N) is 1. The van der Waals surface area contributed by atoms with Gasteiger partial charge in [0, 0.05) is 13.1 Å². The Kier molecular flexibility index (Phi) is 5.32. The molecule has 1 aromatic heterocycles. The molecular weight excluding hydrogens is 292 g/mol. The molecule has 7 heteroatoms. The highest BCUT2D eigenvalue weighted by Gasteiger charge is 2.27. The van der Waals surface area contributed by atoms with Crippen molar-refractivity contribution in [1.82, 2.24) is 10.2 Å². The van der Waals surface area contributed by atoms with Gasteiger partial charge in [-0.25, -0.2) is 0 Å². The number of methoxy groups -OCH3 is 1. The Balaban J connectivity index is 1.75. The van der Waals surface area contributed by atoms with Crippen LogP contribution < -0.4 is 5.32 Å². The topological polar surface area (TPSA) is 75.7 Å². The second-order valence-electron chi connectivity index (χ2n) is 4.84. The fraction of sp³-hybridized carbons (Fsp3) is 0.500. The number of hydrogen-bond acceptors (Lipinski definition) is 5. The number of esters is 1. The number of carbonyl (C=O) groups is 3. The molecule has 1 aliphatic rings. The van der Waals surface area contributed by atoms with Crippen LogP contribution in [0.5, 0.6) is 0 Å². The van der Waals surface area contributed by atoms with Crippen molar-refractivity contribution in [3.05, 3.63) is 22.4 Å². The summed E-state index contributed by atoms with van der Waals surface area (Å²) in [7, 11) is 1.37. The molecule has 0 atom stereocenters. The molecule has 2 heterocycles. The maximum absolute atomic E-state index is 12.0. The molecule has 1 saturated heterocycles. The number of carbonyl (C=O) groups excluding carboxylic acids is 3. The number of thiophene rings is 1.